The van der Waals surface area contributed by atoms with E-state index in [4.69, 9.17) is 16.3 Å². The molecule has 1 heterocycles. The molecular formula is C9H5BrClNO3. The molecule has 78 valence electrons. The first-order valence-corrected chi connectivity index (χ1v) is 5.15. The van der Waals surface area contributed by atoms with Gasteiger partial charge in [-0.2, -0.15) is 0 Å². The predicted octanol–water partition coefficient (Wildman–Crippen LogP) is 2.25. The maximum absolute atomic E-state index is 11.5. The third-order valence-electron chi connectivity index (χ3n) is 2.08. The van der Waals surface area contributed by atoms with E-state index in [0.29, 0.717) is 20.9 Å². The monoisotopic (exact) mass is 289 g/mol. The molecule has 1 amide bonds. The summed E-state index contributed by atoms with van der Waals surface area (Å²) in [6.07, 6.45) is 0. The summed E-state index contributed by atoms with van der Waals surface area (Å²) in [6, 6.07) is 1.55. The van der Waals surface area contributed by atoms with Crippen LogP contribution in [0, 0.1) is 0 Å². The van der Waals surface area contributed by atoms with E-state index in [9.17, 15) is 9.59 Å². The highest BCUT2D eigenvalue weighted by atomic mass is 79.9. The van der Waals surface area contributed by atoms with Crippen molar-refractivity contribution in [2.75, 3.05) is 12.4 Å². The van der Waals surface area contributed by atoms with Gasteiger partial charge in [0.05, 0.1) is 23.4 Å². The molecule has 0 saturated carbocycles. The number of anilines is 1. The van der Waals surface area contributed by atoms with E-state index in [1.165, 1.54) is 7.11 Å². The lowest BCUT2D eigenvalue weighted by atomic mass is 10.1. The normalized spacial score (nSPS) is 13.8. The quantitative estimate of drug-likeness (QED) is 0.807. The second-order valence-electron chi connectivity index (χ2n) is 2.91. The highest BCUT2D eigenvalue weighted by molar-refractivity contribution is 9.10. The van der Waals surface area contributed by atoms with Crippen LogP contribution in [0.1, 0.15) is 10.4 Å². The highest BCUT2D eigenvalue weighted by Crippen LogP contribution is 2.42. The fourth-order valence-electron chi connectivity index (χ4n) is 1.39. The number of rotatable bonds is 1. The Hall–Kier alpha value is -1.07. The van der Waals surface area contributed by atoms with Crippen LogP contribution in [-0.2, 0) is 4.79 Å². The lowest BCUT2D eigenvalue weighted by Crippen LogP contribution is -2.12. The molecule has 0 aromatic heterocycles. The van der Waals surface area contributed by atoms with E-state index in [1.54, 1.807) is 6.07 Å². The Balaban J connectivity index is 2.76. The first kappa shape index (κ1) is 10.4. The summed E-state index contributed by atoms with van der Waals surface area (Å²) in [4.78, 5) is 22.6. The average molecular weight is 290 g/mol. The van der Waals surface area contributed by atoms with Crippen molar-refractivity contribution in [3.05, 3.63) is 21.1 Å². The van der Waals surface area contributed by atoms with Gasteiger partial charge in [0.25, 0.3) is 11.7 Å². The number of ether oxygens (including phenoxy) is 1. The minimum Gasteiger partial charge on any atom is -0.496 e. The Morgan fingerprint density at radius 1 is 1.47 bits per heavy atom. The number of halogens is 2. The smallest absolute Gasteiger partial charge is 0.297 e. The van der Waals surface area contributed by atoms with Crippen molar-refractivity contribution in [2.24, 2.45) is 0 Å². The van der Waals surface area contributed by atoms with Crippen LogP contribution >= 0.6 is 27.5 Å². The van der Waals surface area contributed by atoms with Crippen LogP contribution in [0.4, 0.5) is 5.69 Å². The van der Waals surface area contributed by atoms with Gasteiger partial charge < -0.3 is 10.1 Å². The minimum absolute atomic E-state index is 0.190. The number of benzene rings is 1. The van der Waals surface area contributed by atoms with Crippen LogP contribution < -0.4 is 10.1 Å². The summed E-state index contributed by atoms with van der Waals surface area (Å²) in [6.45, 7) is 0. The zero-order valence-corrected chi connectivity index (χ0v) is 9.90. The van der Waals surface area contributed by atoms with Crippen molar-refractivity contribution in [3.8, 4) is 5.75 Å². The SMILES string of the molecule is COc1cc(Br)c(Cl)c2c1C(=O)C(=O)N2. The van der Waals surface area contributed by atoms with Gasteiger partial charge in [-0.05, 0) is 22.0 Å². The van der Waals surface area contributed by atoms with Gasteiger partial charge in [-0.25, -0.2) is 0 Å². The average Bonchev–Trinajstić information content (AvgIpc) is 2.50. The minimum atomic E-state index is -0.691. The van der Waals surface area contributed by atoms with Crippen LogP contribution in [0.5, 0.6) is 5.75 Å². The second kappa shape index (κ2) is 3.50. The molecule has 0 radical (unpaired) electrons. The third kappa shape index (κ3) is 1.42. The van der Waals surface area contributed by atoms with Crippen molar-refractivity contribution >= 4 is 44.9 Å². The molecule has 0 aliphatic carbocycles. The topological polar surface area (TPSA) is 55.4 Å². The number of hydrogen-bond donors (Lipinski definition) is 1. The van der Waals surface area contributed by atoms with Gasteiger partial charge in [0.2, 0.25) is 0 Å². The van der Waals surface area contributed by atoms with Gasteiger partial charge in [0.1, 0.15) is 5.75 Å². The molecule has 0 atom stereocenters. The Morgan fingerprint density at radius 3 is 2.73 bits per heavy atom. The second-order valence-corrected chi connectivity index (χ2v) is 4.14. The van der Waals surface area contributed by atoms with Crippen LogP contribution in [0.2, 0.25) is 5.02 Å². The fraction of sp³-hybridized carbons (Fsp3) is 0.111. The molecule has 1 N–H and O–H groups in total. The molecule has 0 saturated heterocycles. The molecule has 1 aliphatic rings. The van der Waals surface area contributed by atoms with Crippen LogP contribution in [-0.4, -0.2) is 18.8 Å². The summed E-state index contributed by atoms with van der Waals surface area (Å²) < 4.78 is 5.57. The lowest BCUT2D eigenvalue weighted by molar-refractivity contribution is -0.112. The first-order valence-electron chi connectivity index (χ1n) is 3.98. The van der Waals surface area contributed by atoms with E-state index in [-0.39, 0.29) is 5.56 Å². The van der Waals surface area contributed by atoms with Crippen molar-refractivity contribution in [1.29, 1.82) is 0 Å². The summed E-state index contributed by atoms with van der Waals surface area (Å²) in [7, 11) is 1.42. The van der Waals surface area contributed by atoms with Crippen LogP contribution in [0.3, 0.4) is 0 Å². The lowest BCUT2D eigenvalue weighted by Gasteiger charge is -2.08. The molecule has 0 fully saturated rings. The summed E-state index contributed by atoms with van der Waals surface area (Å²) in [5.41, 5.74) is 0.494. The zero-order valence-electron chi connectivity index (χ0n) is 7.56. The molecule has 6 heteroatoms. The van der Waals surface area contributed by atoms with Gasteiger partial charge >= 0.3 is 0 Å². The van der Waals surface area contributed by atoms with Crippen LogP contribution in [0.15, 0.2) is 10.5 Å². The van der Waals surface area contributed by atoms with Gasteiger partial charge in [0.15, 0.2) is 0 Å². The number of fused-ring (bicyclic) bond motifs is 1. The number of Topliss-reactive ketones (excluding diaryl/α,β-unsaturated/α-hetero) is 1. The molecular weight excluding hydrogens is 285 g/mol. The molecule has 1 aliphatic heterocycles. The van der Waals surface area contributed by atoms with Crippen molar-refractivity contribution < 1.29 is 14.3 Å². The Kier molecular flexibility index (Phi) is 2.44. The van der Waals surface area contributed by atoms with Crippen molar-refractivity contribution in [2.45, 2.75) is 0 Å². The van der Waals surface area contributed by atoms with Crippen LogP contribution in [0.25, 0.3) is 0 Å². The largest absolute Gasteiger partial charge is 0.496 e. The Labute approximate surface area is 98.7 Å². The van der Waals surface area contributed by atoms with E-state index in [1.807, 2.05) is 0 Å². The molecule has 1 aromatic carbocycles. The molecule has 0 unspecified atom stereocenters. The summed E-state index contributed by atoms with van der Waals surface area (Å²) in [5.74, 6) is -0.996. The molecule has 0 spiro atoms. The number of carbonyl (C=O) groups is 2. The van der Waals surface area contributed by atoms with Crippen molar-refractivity contribution in [1.82, 2.24) is 0 Å². The van der Waals surface area contributed by atoms with E-state index >= 15 is 0 Å². The summed E-state index contributed by atoms with van der Waals surface area (Å²) in [5, 5.41) is 2.70. The first-order chi connectivity index (χ1) is 7.06. The standard InChI is InChI=1S/C9H5BrClNO3/c1-15-4-2-3(10)6(11)7-5(4)8(13)9(14)12-7/h2H,1H3,(H,12,13,14). The number of carbonyl (C=O) groups excluding carboxylic acids is 2. The third-order valence-corrected chi connectivity index (χ3v) is 3.32. The zero-order chi connectivity index (χ0) is 11.2. The van der Waals surface area contributed by atoms with Gasteiger partial charge in [-0.3, -0.25) is 9.59 Å². The Morgan fingerprint density at radius 2 is 2.13 bits per heavy atom. The van der Waals surface area contributed by atoms with Gasteiger partial charge in [-0.15, -0.1) is 0 Å². The van der Waals surface area contributed by atoms with E-state index in [0.717, 1.165) is 0 Å². The Bertz CT molecular complexity index is 487. The number of nitrogens with one attached hydrogen (secondary N) is 1. The number of hydrogen-bond acceptors (Lipinski definition) is 3. The number of methoxy groups -OCH3 is 1. The van der Waals surface area contributed by atoms with Gasteiger partial charge in [-0.1, -0.05) is 11.6 Å². The molecule has 0 bridgehead atoms. The summed E-state index contributed by atoms with van der Waals surface area (Å²) >= 11 is 9.13. The van der Waals surface area contributed by atoms with E-state index in [2.05, 4.69) is 21.2 Å². The molecule has 4 nitrogen and oxygen atoms in total. The predicted molar refractivity (Wildman–Crippen MR) is 58.7 cm³/mol. The molecule has 15 heavy (non-hydrogen) atoms. The number of ketones is 1. The number of amides is 1. The highest BCUT2D eigenvalue weighted by Gasteiger charge is 2.34. The maximum Gasteiger partial charge on any atom is 0.297 e. The maximum atomic E-state index is 11.5. The molecule has 2 rings (SSSR count). The van der Waals surface area contributed by atoms with Crippen molar-refractivity contribution in [3.63, 3.8) is 0 Å². The fourth-order valence-corrected chi connectivity index (χ4v) is 1.99. The molecule has 1 aromatic rings. The van der Waals surface area contributed by atoms with E-state index < -0.39 is 11.7 Å². The van der Waals surface area contributed by atoms with Gasteiger partial charge in [0, 0.05) is 4.47 Å².